The predicted octanol–water partition coefficient (Wildman–Crippen LogP) is 2.91. The Morgan fingerprint density at radius 1 is 1.58 bits per heavy atom. The van der Waals surface area contributed by atoms with Gasteiger partial charge >= 0.3 is 0 Å². The van der Waals surface area contributed by atoms with Crippen LogP contribution in [0.5, 0.6) is 0 Å². The van der Waals surface area contributed by atoms with Gasteiger partial charge in [0.25, 0.3) is 0 Å². The summed E-state index contributed by atoms with van der Waals surface area (Å²) in [6, 6.07) is 7.84. The Balaban J connectivity index is 1.95. The van der Waals surface area contributed by atoms with Crippen molar-refractivity contribution in [2.24, 2.45) is 0 Å². The number of rotatable bonds is 4. The highest BCUT2D eigenvalue weighted by Gasteiger charge is 2.11. The number of carbonyl (C=O) groups excluding carboxylic acids is 1. The van der Waals surface area contributed by atoms with Crippen LogP contribution in [0.1, 0.15) is 24.2 Å². The number of aromatic nitrogens is 1. The fourth-order valence-electron chi connectivity index (χ4n) is 1.72. The van der Waals surface area contributed by atoms with E-state index in [0.717, 1.165) is 10.0 Å². The molecule has 0 saturated carbocycles. The zero-order valence-corrected chi connectivity index (χ0v) is 12.8. The van der Waals surface area contributed by atoms with Crippen molar-refractivity contribution in [1.29, 1.82) is 0 Å². The average molecular weight is 340 g/mol. The minimum Gasteiger partial charge on any atom is -0.375 e. The number of amides is 1. The Bertz CT molecular complexity index is 585. The SMILES string of the molecule is C[C@H](NC(=O)Cc1csc(N)n1)c1cccc(Br)c1. The van der Waals surface area contributed by atoms with Crippen LogP contribution in [0.4, 0.5) is 5.13 Å². The van der Waals surface area contributed by atoms with Gasteiger partial charge in [-0.15, -0.1) is 11.3 Å². The van der Waals surface area contributed by atoms with Crippen molar-refractivity contribution in [3.8, 4) is 0 Å². The number of hydrogen-bond acceptors (Lipinski definition) is 4. The zero-order valence-electron chi connectivity index (χ0n) is 10.4. The number of thiazole rings is 1. The van der Waals surface area contributed by atoms with Crippen molar-refractivity contribution in [2.45, 2.75) is 19.4 Å². The minimum absolute atomic E-state index is 0.0408. The van der Waals surface area contributed by atoms with Gasteiger partial charge in [0.05, 0.1) is 18.2 Å². The Hall–Kier alpha value is -1.40. The molecular formula is C13H14BrN3OS. The number of carbonyl (C=O) groups is 1. The second-order valence-corrected chi connectivity index (χ2v) is 6.00. The van der Waals surface area contributed by atoms with Crippen molar-refractivity contribution < 1.29 is 4.79 Å². The lowest BCUT2D eigenvalue weighted by Gasteiger charge is -2.14. The second-order valence-electron chi connectivity index (χ2n) is 4.20. The van der Waals surface area contributed by atoms with E-state index in [1.54, 1.807) is 5.38 Å². The van der Waals surface area contributed by atoms with Crippen molar-refractivity contribution in [2.75, 3.05) is 5.73 Å². The minimum atomic E-state index is -0.0576. The van der Waals surface area contributed by atoms with E-state index in [-0.39, 0.29) is 18.4 Å². The fraction of sp³-hybridized carbons (Fsp3) is 0.231. The molecular weight excluding hydrogens is 326 g/mol. The van der Waals surface area contributed by atoms with Crippen molar-refractivity contribution in [3.63, 3.8) is 0 Å². The summed E-state index contributed by atoms with van der Waals surface area (Å²) in [5.41, 5.74) is 7.30. The smallest absolute Gasteiger partial charge is 0.226 e. The highest BCUT2D eigenvalue weighted by Crippen LogP contribution is 2.18. The number of nitrogen functional groups attached to an aromatic ring is 1. The van der Waals surface area contributed by atoms with Crippen molar-refractivity contribution >= 4 is 38.3 Å². The Morgan fingerprint density at radius 3 is 3.00 bits per heavy atom. The van der Waals surface area contributed by atoms with Crippen LogP contribution in [0.2, 0.25) is 0 Å². The third kappa shape index (κ3) is 4.04. The summed E-state index contributed by atoms with van der Waals surface area (Å²) in [6.07, 6.45) is 0.256. The molecule has 3 N–H and O–H groups in total. The molecule has 0 spiro atoms. The van der Waals surface area contributed by atoms with Crippen LogP contribution in [0.3, 0.4) is 0 Å². The van der Waals surface area contributed by atoms with E-state index in [2.05, 4.69) is 26.2 Å². The molecule has 1 atom stereocenters. The Labute approximate surface area is 124 Å². The normalized spacial score (nSPS) is 12.1. The first kappa shape index (κ1) is 14.0. The van der Waals surface area contributed by atoms with Crippen molar-refractivity contribution in [3.05, 3.63) is 45.4 Å². The van der Waals surface area contributed by atoms with Gasteiger partial charge in [0.2, 0.25) is 5.91 Å². The molecule has 1 aromatic heterocycles. The lowest BCUT2D eigenvalue weighted by molar-refractivity contribution is -0.121. The lowest BCUT2D eigenvalue weighted by Crippen LogP contribution is -2.28. The molecule has 1 amide bonds. The summed E-state index contributed by atoms with van der Waals surface area (Å²) >= 11 is 4.76. The summed E-state index contributed by atoms with van der Waals surface area (Å²) in [7, 11) is 0. The molecule has 0 saturated heterocycles. The standard InChI is InChI=1S/C13H14BrN3OS/c1-8(9-3-2-4-10(14)5-9)16-12(18)6-11-7-19-13(15)17-11/h2-5,7-8H,6H2,1H3,(H2,15,17)(H,16,18)/t8-/m0/s1. The van der Waals surface area contributed by atoms with Gasteiger partial charge in [-0.25, -0.2) is 4.98 Å². The molecule has 4 nitrogen and oxygen atoms in total. The Morgan fingerprint density at radius 2 is 2.37 bits per heavy atom. The third-order valence-corrected chi connectivity index (χ3v) is 3.85. The summed E-state index contributed by atoms with van der Waals surface area (Å²) in [4.78, 5) is 16.0. The molecule has 0 unspecified atom stereocenters. The second kappa shape index (κ2) is 6.16. The summed E-state index contributed by atoms with van der Waals surface area (Å²) < 4.78 is 0.998. The summed E-state index contributed by atoms with van der Waals surface area (Å²) in [5.74, 6) is -0.0576. The van der Waals surface area contributed by atoms with Crippen LogP contribution in [-0.2, 0) is 11.2 Å². The van der Waals surface area contributed by atoms with E-state index in [1.807, 2.05) is 31.2 Å². The van der Waals surface area contributed by atoms with Crippen molar-refractivity contribution in [1.82, 2.24) is 10.3 Å². The first-order valence-electron chi connectivity index (χ1n) is 5.79. The van der Waals surface area contributed by atoms with Crippen LogP contribution in [0.15, 0.2) is 34.1 Å². The van der Waals surface area contributed by atoms with E-state index >= 15 is 0 Å². The number of nitrogens with two attached hydrogens (primary N) is 1. The van der Waals surface area contributed by atoms with Gasteiger partial charge in [-0.05, 0) is 24.6 Å². The van der Waals surface area contributed by atoms with E-state index < -0.39 is 0 Å². The number of anilines is 1. The fourth-order valence-corrected chi connectivity index (χ4v) is 2.70. The predicted molar refractivity (Wildman–Crippen MR) is 80.9 cm³/mol. The molecule has 0 fully saturated rings. The van der Waals surface area contributed by atoms with Gasteiger partial charge in [0, 0.05) is 9.85 Å². The summed E-state index contributed by atoms with van der Waals surface area (Å²) in [6.45, 7) is 1.95. The first-order chi connectivity index (χ1) is 9.04. The highest BCUT2D eigenvalue weighted by molar-refractivity contribution is 9.10. The number of halogens is 1. The van der Waals surface area contributed by atoms with Gasteiger partial charge in [-0.1, -0.05) is 28.1 Å². The van der Waals surface area contributed by atoms with E-state index in [4.69, 9.17) is 5.73 Å². The highest BCUT2D eigenvalue weighted by atomic mass is 79.9. The van der Waals surface area contributed by atoms with E-state index in [0.29, 0.717) is 10.8 Å². The average Bonchev–Trinajstić information content (AvgIpc) is 2.74. The van der Waals surface area contributed by atoms with Gasteiger partial charge in [-0.3, -0.25) is 4.79 Å². The maximum atomic E-state index is 11.9. The number of nitrogens with one attached hydrogen (secondary N) is 1. The van der Waals surface area contributed by atoms with Gasteiger partial charge < -0.3 is 11.1 Å². The third-order valence-electron chi connectivity index (χ3n) is 2.64. The zero-order chi connectivity index (χ0) is 13.8. The van der Waals surface area contributed by atoms with Crippen LogP contribution in [0, 0.1) is 0 Å². The molecule has 1 heterocycles. The number of benzene rings is 1. The lowest BCUT2D eigenvalue weighted by atomic mass is 10.1. The molecule has 0 aliphatic rings. The number of hydrogen-bond donors (Lipinski definition) is 2. The maximum Gasteiger partial charge on any atom is 0.226 e. The molecule has 0 bridgehead atoms. The first-order valence-corrected chi connectivity index (χ1v) is 7.46. The topological polar surface area (TPSA) is 68.0 Å². The quantitative estimate of drug-likeness (QED) is 0.899. The van der Waals surface area contributed by atoms with Gasteiger partial charge in [0.1, 0.15) is 0 Å². The molecule has 0 radical (unpaired) electrons. The van der Waals surface area contributed by atoms with E-state index in [1.165, 1.54) is 11.3 Å². The summed E-state index contributed by atoms with van der Waals surface area (Å²) in [5, 5.41) is 5.24. The molecule has 100 valence electrons. The molecule has 2 rings (SSSR count). The molecule has 19 heavy (non-hydrogen) atoms. The van der Waals surface area contributed by atoms with Crippen LogP contribution >= 0.6 is 27.3 Å². The monoisotopic (exact) mass is 339 g/mol. The van der Waals surface area contributed by atoms with Crippen LogP contribution in [0.25, 0.3) is 0 Å². The van der Waals surface area contributed by atoms with Crippen LogP contribution < -0.4 is 11.1 Å². The Kier molecular flexibility index (Phi) is 4.55. The largest absolute Gasteiger partial charge is 0.375 e. The maximum absolute atomic E-state index is 11.9. The van der Waals surface area contributed by atoms with Crippen LogP contribution in [-0.4, -0.2) is 10.9 Å². The molecule has 2 aromatic rings. The molecule has 0 aliphatic carbocycles. The number of nitrogens with zero attached hydrogens (tertiary/aromatic N) is 1. The van der Waals surface area contributed by atoms with Gasteiger partial charge in [0.15, 0.2) is 5.13 Å². The molecule has 1 aromatic carbocycles. The van der Waals surface area contributed by atoms with E-state index in [9.17, 15) is 4.79 Å². The van der Waals surface area contributed by atoms with Gasteiger partial charge in [-0.2, -0.15) is 0 Å². The molecule has 0 aliphatic heterocycles. The molecule has 6 heteroatoms.